The number of thiophene rings is 1. The van der Waals surface area contributed by atoms with E-state index in [1.54, 1.807) is 18.3 Å². The third-order valence-corrected chi connectivity index (χ3v) is 2.85. The van der Waals surface area contributed by atoms with Gasteiger partial charge in [0.1, 0.15) is 0 Å². The highest BCUT2D eigenvalue weighted by molar-refractivity contribution is 9.11. The van der Waals surface area contributed by atoms with E-state index in [2.05, 4.69) is 26.1 Å². The summed E-state index contributed by atoms with van der Waals surface area (Å²) >= 11 is 4.96. The monoisotopic (exact) mass is 244 g/mol. The van der Waals surface area contributed by atoms with E-state index in [0.717, 1.165) is 9.35 Å². The van der Waals surface area contributed by atoms with Gasteiger partial charge in [0, 0.05) is 5.38 Å². The van der Waals surface area contributed by atoms with Crippen molar-refractivity contribution in [2.24, 2.45) is 0 Å². The molecule has 2 aromatic heterocycles. The molecule has 2 heterocycles. The van der Waals surface area contributed by atoms with Crippen molar-refractivity contribution in [3.8, 4) is 11.5 Å². The van der Waals surface area contributed by atoms with Crippen LogP contribution in [0.15, 0.2) is 19.8 Å². The van der Waals surface area contributed by atoms with E-state index in [0.29, 0.717) is 11.7 Å². The van der Waals surface area contributed by atoms with Crippen LogP contribution in [-0.2, 0) is 0 Å². The fraction of sp³-hybridized carbons (Fsp3) is 0.143. The van der Waals surface area contributed by atoms with Crippen LogP contribution in [0.1, 0.15) is 5.82 Å². The minimum absolute atomic E-state index is 0.578. The van der Waals surface area contributed by atoms with Gasteiger partial charge in [-0.25, -0.2) is 0 Å². The first-order chi connectivity index (χ1) is 5.75. The molecule has 0 saturated heterocycles. The lowest BCUT2D eigenvalue weighted by Crippen LogP contribution is -1.73. The molecule has 0 aliphatic carbocycles. The molecule has 5 heteroatoms. The molecule has 2 aromatic rings. The zero-order valence-corrected chi connectivity index (χ0v) is 8.65. The SMILES string of the molecule is Cc1noc(-c2csc(Br)c2)n1. The molecule has 0 spiro atoms. The number of aryl methyl sites for hydroxylation is 1. The molecule has 0 unspecified atom stereocenters. The molecular weight excluding hydrogens is 240 g/mol. The van der Waals surface area contributed by atoms with Crippen molar-refractivity contribution in [2.75, 3.05) is 0 Å². The number of aromatic nitrogens is 2. The first kappa shape index (κ1) is 7.94. The Labute approximate surface area is 81.5 Å². The van der Waals surface area contributed by atoms with E-state index in [1.807, 2.05) is 11.4 Å². The van der Waals surface area contributed by atoms with Crippen LogP contribution in [0.25, 0.3) is 11.5 Å². The summed E-state index contributed by atoms with van der Waals surface area (Å²) in [6.07, 6.45) is 0. The van der Waals surface area contributed by atoms with Gasteiger partial charge in [0.05, 0.1) is 9.35 Å². The van der Waals surface area contributed by atoms with Crippen molar-refractivity contribution in [3.63, 3.8) is 0 Å². The summed E-state index contributed by atoms with van der Waals surface area (Å²) in [5.74, 6) is 1.24. The van der Waals surface area contributed by atoms with Gasteiger partial charge in [-0.05, 0) is 28.9 Å². The number of nitrogens with zero attached hydrogens (tertiary/aromatic N) is 2. The number of hydrogen-bond donors (Lipinski definition) is 0. The summed E-state index contributed by atoms with van der Waals surface area (Å²) in [6, 6.07) is 1.96. The van der Waals surface area contributed by atoms with Gasteiger partial charge in [0.15, 0.2) is 5.82 Å². The summed E-state index contributed by atoms with van der Waals surface area (Å²) in [5, 5.41) is 5.67. The Bertz CT molecular complexity index is 357. The Morgan fingerprint density at radius 3 is 2.92 bits per heavy atom. The van der Waals surface area contributed by atoms with Crippen molar-refractivity contribution in [2.45, 2.75) is 6.92 Å². The topological polar surface area (TPSA) is 38.9 Å². The minimum Gasteiger partial charge on any atom is -0.334 e. The van der Waals surface area contributed by atoms with Crippen LogP contribution >= 0.6 is 27.3 Å². The van der Waals surface area contributed by atoms with Gasteiger partial charge in [0.25, 0.3) is 5.89 Å². The van der Waals surface area contributed by atoms with Gasteiger partial charge in [-0.15, -0.1) is 11.3 Å². The van der Waals surface area contributed by atoms with Gasteiger partial charge in [0.2, 0.25) is 0 Å². The fourth-order valence-corrected chi connectivity index (χ4v) is 1.97. The van der Waals surface area contributed by atoms with Gasteiger partial charge in [-0.1, -0.05) is 5.16 Å². The molecule has 3 nitrogen and oxygen atoms in total. The smallest absolute Gasteiger partial charge is 0.258 e. The highest BCUT2D eigenvalue weighted by Crippen LogP contribution is 2.27. The van der Waals surface area contributed by atoms with Crippen LogP contribution in [0, 0.1) is 6.92 Å². The molecule has 0 fully saturated rings. The third-order valence-electron chi connectivity index (χ3n) is 1.34. The Morgan fingerprint density at radius 2 is 2.42 bits per heavy atom. The maximum atomic E-state index is 4.99. The number of rotatable bonds is 1. The van der Waals surface area contributed by atoms with Crippen LogP contribution in [0.2, 0.25) is 0 Å². The van der Waals surface area contributed by atoms with Crippen molar-refractivity contribution in [3.05, 3.63) is 21.1 Å². The van der Waals surface area contributed by atoms with Gasteiger partial charge < -0.3 is 4.52 Å². The molecule has 0 aliphatic rings. The first-order valence-corrected chi connectivity index (χ1v) is 4.98. The lowest BCUT2D eigenvalue weighted by molar-refractivity contribution is 0.426. The predicted molar refractivity (Wildman–Crippen MR) is 50.0 cm³/mol. The van der Waals surface area contributed by atoms with Gasteiger partial charge in [-0.3, -0.25) is 0 Å². The minimum atomic E-state index is 0.578. The van der Waals surface area contributed by atoms with Crippen LogP contribution in [-0.4, -0.2) is 10.1 Å². The van der Waals surface area contributed by atoms with Crippen LogP contribution in [0.5, 0.6) is 0 Å². The molecule has 0 aliphatic heterocycles. The molecule has 0 atom stereocenters. The first-order valence-electron chi connectivity index (χ1n) is 3.30. The molecule has 62 valence electrons. The molecule has 0 radical (unpaired) electrons. The largest absolute Gasteiger partial charge is 0.334 e. The van der Waals surface area contributed by atoms with E-state index in [-0.39, 0.29) is 0 Å². The molecule has 0 aromatic carbocycles. The van der Waals surface area contributed by atoms with E-state index >= 15 is 0 Å². The number of halogens is 1. The Kier molecular flexibility index (Phi) is 1.98. The third kappa shape index (κ3) is 1.42. The standard InChI is InChI=1S/C7H5BrN2OS/c1-4-9-7(11-10-4)5-2-6(8)12-3-5/h2-3H,1H3. The molecule has 0 amide bonds. The Balaban J connectivity index is 2.43. The van der Waals surface area contributed by atoms with E-state index in [9.17, 15) is 0 Å². The summed E-state index contributed by atoms with van der Waals surface area (Å²) in [5.41, 5.74) is 0.965. The van der Waals surface area contributed by atoms with Crippen LogP contribution in [0.3, 0.4) is 0 Å². The van der Waals surface area contributed by atoms with Crippen molar-refractivity contribution >= 4 is 27.3 Å². The maximum Gasteiger partial charge on any atom is 0.258 e. The van der Waals surface area contributed by atoms with Crippen molar-refractivity contribution < 1.29 is 4.52 Å². The van der Waals surface area contributed by atoms with Crippen LogP contribution in [0.4, 0.5) is 0 Å². The molecule has 2 rings (SSSR count). The fourth-order valence-electron chi connectivity index (χ4n) is 0.837. The summed E-state index contributed by atoms with van der Waals surface area (Å²) in [4.78, 5) is 4.10. The maximum absolute atomic E-state index is 4.99. The Hall–Kier alpha value is -0.680. The lowest BCUT2D eigenvalue weighted by atomic mass is 10.3. The zero-order chi connectivity index (χ0) is 8.55. The van der Waals surface area contributed by atoms with E-state index in [4.69, 9.17) is 4.52 Å². The summed E-state index contributed by atoms with van der Waals surface area (Å²) in [7, 11) is 0. The Morgan fingerprint density at radius 1 is 1.58 bits per heavy atom. The lowest BCUT2D eigenvalue weighted by Gasteiger charge is -1.81. The second kappa shape index (κ2) is 2.99. The van der Waals surface area contributed by atoms with Gasteiger partial charge in [-0.2, -0.15) is 4.98 Å². The van der Waals surface area contributed by atoms with Crippen molar-refractivity contribution in [1.82, 2.24) is 10.1 Å². The average molecular weight is 245 g/mol. The highest BCUT2D eigenvalue weighted by atomic mass is 79.9. The predicted octanol–water partition coefficient (Wildman–Crippen LogP) is 2.87. The van der Waals surface area contributed by atoms with Crippen molar-refractivity contribution in [1.29, 1.82) is 0 Å². The van der Waals surface area contributed by atoms with E-state index in [1.165, 1.54) is 0 Å². The molecule has 0 saturated carbocycles. The zero-order valence-electron chi connectivity index (χ0n) is 6.24. The second-order valence-corrected chi connectivity index (χ2v) is 4.58. The van der Waals surface area contributed by atoms with E-state index < -0.39 is 0 Å². The molecular formula is C7H5BrN2OS. The summed E-state index contributed by atoms with van der Waals surface area (Å²) in [6.45, 7) is 1.80. The van der Waals surface area contributed by atoms with Crippen LogP contribution < -0.4 is 0 Å². The summed E-state index contributed by atoms with van der Waals surface area (Å²) < 4.78 is 6.05. The second-order valence-electron chi connectivity index (χ2n) is 2.29. The molecule has 0 bridgehead atoms. The molecule has 0 N–H and O–H groups in total. The van der Waals surface area contributed by atoms with Gasteiger partial charge >= 0.3 is 0 Å². The number of hydrogen-bond acceptors (Lipinski definition) is 4. The highest BCUT2D eigenvalue weighted by Gasteiger charge is 2.07. The average Bonchev–Trinajstić information content (AvgIpc) is 2.58. The molecule has 12 heavy (non-hydrogen) atoms. The normalized spacial score (nSPS) is 10.5. The quantitative estimate of drug-likeness (QED) is 0.775.